The molecule has 0 fully saturated rings. The second-order valence-corrected chi connectivity index (χ2v) is 7.68. The molecule has 0 saturated heterocycles. The Hall–Kier alpha value is -2.18. The Morgan fingerprint density at radius 1 is 1.24 bits per heavy atom. The van der Waals surface area contributed by atoms with E-state index in [0.717, 1.165) is 54.9 Å². The molecule has 0 bridgehead atoms. The van der Waals surface area contributed by atoms with E-state index in [0.29, 0.717) is 6.04 Å². The summed E-state index contributed by atoms with van der Waals surface area (Å²) >= 11 is 6.32. The predicted molar refractivity (Wildman–Crippen MR) is 115 cm³/mol. The summed E-state index contributed by atoms with van der Waals surface area (Å²) in [6.07, 6.45) is 6.63. The number of aliphatic hydroxyl groups is 1. The Balaban J connectivity index is 1.74. The summed E-state index contributed by atoms with van der Waals surface area (Å²) in [4.78, 5) is 13.6. The number of fused-ring (bicyclic) bond motifs is 1. The van der Waals surface area contributed by atoms with Crippen LogP contribution in [-0.4, -0.2) is 40.8 Å². The van der Waals surface area contributed by atoms with E-state index in [1.54, 1.807) is 11.6 Å². The number of nitrogens with one attached hydrogen (secondary N) is 1. The summed E-state index contributed by atoms with van der Waals surface area (Å²) < 4.78 is 0. The van der Waals surface area contributed by atoms with Gasteiger partial charge in [0.1, 0.15) is 0 Å². The Bertz CT molecular complexity index is 869. The molecule has 1 amide bonds. The molecule has 2 aromatic rings. The minimum atomic E-state index is -0.543. The SMILES string of the molecule is O=C(C=Cc1ccc2c(c1)CCC2N(CCCO)CCc1ccccc1Cl)NO. The van der Waals surface area contributed by atoms with Gasteiger partial charge in [-0.1, -0.05) is 48.0 Å². The first kappa shape index (κ1) is 21.5. The van der Waals surface area contributed by atoms with E-state index < -0.39 is 5.91 Å². The Kier molecular flexibility index (Phi) is 7.83. The number of aliphatic hydroxyl groups excluding tert-OH is 1. The van der Waals surface area contributed by atoms with Crippen molar-refractivity contribution in [2.45, 2.75) is 31.7 Å². The van der Waals surface area contributed by atoms with E-state index in [2.05, 4.69) is 23.1 Å². The lowest BCUT2D eigenvalue weighted by atomic mass is 10.0. The number of hydrogen-bond donors (Lipinski definition) is 3. The minimum absolute atomic E-state index is 0.179. The number of hydrogen-bond acceptors (Lipinski definition) is 4. The van der Waals surface area contributed by atoms with Crippen molar-refractivity contribution in [2.75, 3.05) is 19.7 Å². The van der Waals surface area contributed by atoms with Crippen LogP contribution in [0.4, 0.5) is 0 Å². The maximum absolute atomic E-state index is 11.2. The van der Waals surface area contributed by atoms with Crippen LogP contribution in [0.25, 0.3) is 6.08 Å². The van der Waals surface area contributed by atoms with Crippen LogP contribution in [-0.2, 0) is 17.6 Å². The van der Waals surface area contributed by atoms with Crippen molar-refractivity contribution in [3.05, 3.63) is 75.8 Å². The average Bonchev–Trinajstić information content (AvgIpc) is 3.16. The molecule has 1 aliphatic rings. The maximum Gasteiger partial charge on any atom is 0.267 e. The standard InChI is InChI=1S/C23H27ClN2O3/c24-21-5-2-1-4-18(21)12-14-26(13-3-15-27)22-10-8-19-16-17(6-9-20(19)22)7-11-23(28)25-29/h1-2,4-7,9,11,16,22,27,29H,3,8,10,12-15H2,(H,25,28). The molecule has 1 aliphatic carbocycles. The second kappa shape index (κ2) is 10.6. The molecule has 154 valence electrons. The zero-order valence-electron chi connectivity index (χ0n) is 16.4. The molecular formula is C23H27ClN2O3. The van der Waals surface area contributed by atoms with Gasteiger partial charge in [0.15, 0.2) is 0 Å². The van der Waals surface area contributed by atoms with E-state index in [1.807, 2.05) is 24.3 Å². The number of rotatable bonds is 9. The molecule has 0 spiro atoms. The van der Waals surface area contributed by atoms with Gasteiger partial charge >= 0.3 is 0 Å². The number of carbonyl (C=O) groups excluding carboxylic acids is 1. The monoisotopic (exact) mass is 414 g/mol. The first-order valence-electron chi connectivity index (χ1n) is 9.95. The molecule has 1 unspecified atom stereocenters. The fraction of sp³-hybridized carbons (Fsp3) is 0.348. The summed E-state index contributed by atoms with van der Waals surface area (Å²) in [5, 5.41) is 18.7. The summed E-state index contributed by atoms with van der Waals surface area (Å²) in [5.41, 5.74) is 6.27. The van der Waals surface area contributed by atoms with Gasteiger partial charge in [-0.05, 0) is 60.1 Å². The van der Waals surface area contributed by atoms with Crippen LogP contribution < -0.4 is 5.48 Å². The molecule has 0 heterocycles. The predicted octanol–water partition coefficient (Wildman–Crippen LogP) is 3.77. The van der Waals surface area contributed by atoms with E-state index in [9.17, 15) is 9.90 Å². The highest BCUT2D eigenvalue weighted by Crippen LogP contribution is 2.36. The first-order chi connectivity index (χ1) is 14.1. The highest BCUT2D eigenvalue weighted by molar-refractivity contribution is 6.31. The third kappa shape index (κ3) is 5.67. The molecule has 29 heavy (non-hydrogen) atoms. The van der Waals surface area contributed by atoms with E-state index >= 15 is 0 Å². The molecule has 6 heteroatoms. The van der Waals surface area contributed by atoms with Crippen molar-refractivity contribution in [3.8, 4) is 0 Å². The lowest BCUT2D eigenvalue weighted by molar-refractivity contribution is -0.124. The van der Waals surface area contributed by atoms with Gasteiger partial charge in [-0.15, -0.1) is 0 Å². The zero-order valence-corrected chi connectivity index (χ0v) is 17.1. The zero-order chi connectivity index (χ0) is 20.6. The van der Waals surface area contributed by atoms with Gasteiger partial charge in [-0.3, -0.25) is 14.9 Å². The quantitative estimate of drug-likeness (QED) is 0.332. The molecule has 5 nitrogen and oxygen atoms in total. The van der Waals surface area contributed by atoms with Crippen LogP contribution in [0.5, 0.6) is 0 Å². The number of halogens is 1. The molecular weight excluding hydrogens is 388 g/mol. The Labute approximate surface area is 176 Å². The molecule has 0 radical (unpaired) electrons. The molecule has 3 rings (SSSR count). The van der Waals surface area contributed by atoms with Crippen LogP contribution in [0.1, 0.15) is 41.1 Å². The third-order valence-corrected chi connectivity index (χ3v) is 5.79. The van der Waals surface area contributed by atoms with Crippen LogP contribution >= 0.6 is 11.6 Å². The maximum atomic E-state index is 11.2. The highest BCUT2D eigenvalue weighted by atomic mass is 35.5. The van der Waals surface area contributed by atoms with Gasteiger partial charge in [0.25, 0.3) is 5.91 Å². The molecule has 3 N–H and O–H groups in total. The van der Waals surface area contributed by atoms with Crippen LogP contribution in [0.2, 0.25) is 5.02 Å². The minimum Gasteiger partial charge on any atom is -0.396 e. The largest absolute Gasteiger partial charge is 0.396 e. The smallest absolute Gasteiger partial charge is 0.267 e. The average molecular weight is 415 g/mol. The number of benzene rings is 2. The molecule has 0 aromatic heterocycles. The third-order valence-electron chi connectivity index (χ3n) is 5.42. The van der Waals surface area contributed by atoms with Crippen LogP contribution in [0.15, 0.2) is 48.5 Å². The lowest BCUT2D eigenvalue weighted by Gasteiger charge is -2.30. The number of amides is 1. The van der Waals surface area contributed by atoms with Crippen LogP contribution in [0, 0.1) is 0 Å². The number of hydroxylamine groups is 1. The van der Waals surface area contributed by atoms with Gasteiger partial charge in [0.05, 0.1) is 0 Å². The lowest BCUT2D eigenvalue weighted by Crippen LogP contribution is -2.31. The van der Waals surface area contributed by atoms with Gasteiger partial charge < -0.3 is 5.11 Å². The number of aryl methyl sites for hydroxylation is 1. The summed E-state index contributed by atoms with van der Waals surface area (Å²) in [7, 11) is 0. The van der Waals surface area contributed by atoms with Crippen molar-refractivity contribution in [2.24, 2.45) is 0 Å². The molecule has 0 aliphatic heterocycles. The number of carbonyl (C=O) groups is 1. The molecule has 0 saturated carbocycles. The van der Waals surface area contributed by atoms with Gasteiger partial charge in [-0.25, -0.2) is 5.48 Å². The van der Waals surface area contributed by atoms with Crippen molar-refractivity contribution in [1.29, 1.82) is 0 Å². The summed E-state index contributed by atoms with van der Waals surface area (Å²) in [6, 6.07) is 14.5. The first-order valence-corrected chi connectivity index (χ1v) is 10.3. The molecule has 1 atom stereocenters. The van der Waals surface area contributed by atoms with Gasteiger partial charge in [0, 0.05) is 36.8 Å². The Morgan fingerprint density at radius 2 is 2.07 bits per heavy atom. The van der Waals surface area contributed by atoms with E-state index in [4.69, 9.17) is 16.8 Å². The van der Waals surface area contributed by atoms with E-state index in [-0.39, 0.29) is 6.61 Å². The number of nitrogens with zero attached hydrogens (tertiary/aromatic N) is 1. The van der Waals surface area contributed by atoms with Crippen molar-refractivity contribution >= 4 is 23.6 Å². The second-order valence-electron chi connectivity index (χ2n) is 7.28. The highest BCUT2D eigenvalue weighted by Gasteiger charge is 2.27. The van der Waals surface area contributed by atoms with Crippen molar-refractivity contribution in [1.82, 2.24) is 10.4 Å². The van der Waals surface area contributed by atoms with Crippen molar-refractivity contribution in [3.63, 3.8) is 0 Å². The van der Waals surface area contributed by atoms with Crippen LogP contribution in [0.3, 0.4) is 0 Å². The van der Waals surface area contributed by atoms with Gasteiger partial charge in [0.2, 0.25) is 0 Å². The summed E-state index contributed by atoms with van der Waals surface area (Å²) in [5.74, 6) is -0.543. The fourth-order valence-corrected chi connectivity index (χ4v) is 4.20. The van der Waals surface area contributed by atoms with Gasteiger partial charge in [-0.2, -0.15) is 0 Å². The fourth-order valence-electron chi connectivity index (χ4n) is 3.97. The topological polar surface area (TPSA) is 72.8 Å². The Morgan fingerprint density at radius 3 is 2.83 bits per heavy atom. The summed E-state index contributed by atoms with van der Waals surface area (Å²) in [6.45, 7) is 1.90. The normalized spacial score (nSPS) is 15.8. The van der Waals surface area contributed by atoms with Crippen molar-refractivity contribution < 1.29 is 15.1 Å². The van der Waals surface area contributed by atoms with E-state index in [1.165, 1.54) is 17.2 Å². The molecule has 2 aromatic carbocycles.